The lowest BCUT2D eigenvalue weighted by atomic mass is 10.1. The quantitative estimate of drug-likeness (QED) is 0.886. The van der Waals surface area contributed by atoms with Crippen molar-refractivity contribution in [3.63, 3.8) is 0 Å². The average molecular weight is 308 g/mol. The molecule has 0 bridgehead atoms. The van der Waals surface area contributed by atoms with E-state index in [0.717, 1.165) is 25.1 Å². The number of likely N-dealkylation sites (tertiary alicyclic amines) is 1. The van der Waals surface area contributed by atoms with E-state index in [1.807, 2.05) is 18.7 Å². The van der Waals surface area contributed by atoms with Gasteiger partial charge in [-0.2, -0.15) is 0 Å². The van der Waals surface area contributed by atoms with E-state index in [4.69, 9.17) is 4.52 Å². The molecule has 122 valence electrons. The minimum absolute atomic E-state index is 0.0482. The van der Waals surface area contributed by atoms with Crippen LogP contribution in [0.15, 0.2) is 10.6 Å². The molecule has 2 amide bonds. The first-order valence-electron chi connectivity index (χ1n) is 7.60. The second kappa shape index (κ2) is 6.91. The summed E-state index contributed by atoms with van der Waals surface area (Å²) in [5, 5.41) is 6.60. The highest BCUT2D eigenvalue weighted by Crippen LogP contribution is 2.20. The summed E-state index contributed by atoms with van der Waals surface area (Å²) in [5.41, 5.74) is 0.803. The Morgan fingerprint density at radius 1 is 1.50 bits per heavy atom. The highest BCUT2D eigenvalue weighted by atomic mass is 16.5. The minimum atomic E-state index is -0.207. The number of carbonyl (C=O) groups is 2. The van der Waals surface area contributed by atoms with Gasteiger partial charge in [0.05, 0.1) is 18.3 Å². The number of carbonyl (C=O) groups excluding carboxylic acids is 2. The summed E-state index contributed by atoms with van der Waals surface area (Å²) in [5.74, 6) is 0.454. The lowest BCUT2D eigenvalue weighted by Gasteiger charge is -2.25. The van der Waals surface area contributed by atoms with Crippen LogP contribution in [0.3, 0.4) is 0 Å². The van der Waals surface area contributed by atoms with Crippen molar-refractivity contribution >= 4 is 17.7 Å². The fourth-order valence-corrected chi connectivity index (χ4v) is 2.57. The first-order chi connectivity index (χ1) is 10.4. The third-order valence-electron chi connectivity index (χ3n) is 3.82. The summed E-state index contributed by atoms with van der Waals surface area (Å²) in [4.78, 5) is 27.7. The molecule has 1 atom stereocenters. The molecule has 0 radical (unpaired) electrons. The second-order valence-corrected chi connectivity index (χ2v) is 6.18. The summed E-state index contributed by atoms with van der Waals surface area (Å²) in [6.07, 6.45) is 1.72. The van der Waals surface area contributed by atoms with Gasteiger partial charge < -0.3 is 9.42 Å². The summed E-state index contributed by atoms with van der Waals surface area (Å²) in [6, 6.07) is 1.52. The number of anilines is 1. The Morgan fingerprint density at radius 3 is 2.82 bits per heavy atom. The number of nitrogens with one attached hydrogen (secondary N) is 1. The fraction of sp³-hybridized carbons (Fsp3) is 0.667. The number of nitrogens with zero attached hydrogens (tertiary/aromatic N) is 3. The molecule has 2 rings (SSSR count). The monoisotopic (exact) mass is 308 g/mol. The van der Waals surface area contributed by atoms with Gasteiger partial charge in [0.2, 0.25) is 17.7 Å². The molecule has 7 nitrogen and oxygen atoms in total. The lowest BCUT2D eigenvalue weighted by Crippen LogP contribution is -2.45. The fourth-order valence-electron chi connectivity index (χ4n) is 2.57. The maximum Gasteiger partial charge on any atom is 0.240 e. The van der Waals surface area contributed by atoms with Gasteiger partial charge in [0.15, 0.2) is 0 Å². The zero-order chi connectivity index (χ0) is 16.3. The van der Waals surface area contributed by atoms with Crippen molar-refractivity contribution < 1.29 is 14.1 Å². The molecule has 0 aromatic carbocycles. The molecular weight excluding hydrogens is 284 g/mol. The predicted molar refractivity (Wildman–Crippen MR) is 82.5 cm³/mol. The van der Waals surface area contributed by atoms with E-state index in [1.54, 1.807) is 25.1 Å². The largest absolute Gasteiger partial charge is 0.347 e. The van der Waals surface area contributed by atoms with Crippen molar-refractivity contribution in [1.29, 1.82) is 0 Å². The van der Waals surface area contributed by atoms with Crippen LogP contribution in [0.2, 0.25) is 0 Å². The zero-order valence-electron chi connectivity index (χ0n) is 13.6. The van der Waals surface area contributed by atoms with E-state index in [-0.39, 0.29) is 30.3 Å². The van der Waals surface area contributed by atoms with Crippen molar-refractivity contribution in [3.05, 3.63) is 11.8 Å². The highest BCUT2D eigenvalue weighted by Gasteiger charge is 2.32. The second-order valence-electron chi connectivity index (χ2n) is 6.18. The first-order valence-corrected chi connectivity index (χ1v) is 7.60. The number of hydrogen-bond donors (Lipinski definition) is 1. The molecule has 1 aliphatic rings. The van der Waals surface area contributed by atoms with Crippen molar-refractivity contribution in [2.75, 3.05) is 32.5 Å². The Hall–Kier alpha value is -1.89. The molecule has 0 unspecified atom stereocenters. The van der Waals surface area contributed by atoms with Crippen LogP contribution >= 0.6 is 0 Å². The minimum Gasteiger partial charge on any atom is -0.347 e. The topological polar surface area (TPSA) is 78.7 Å². The molecular formula is C15H24N4O3. The van der Waals surface area contributed by atoms with Crippen LogP contribution in [0, 0.1) is 0 Å². The molecule has 1 saturated heterocycles. The van der Waals surface area contributed by atoms with E-state index in [2.05, 4.69) is 10.5 Å². The Balaban J connectivity index is 1.92. The van der Waals surface area contributed by atoms with Crippen molar-refractivity contribution in [2.45, 2.75) is 38.6 Å². The van der Waals surface area contributed by atoms with Gasteiger partial charge in [-0.3, -0.25) is 19.8 Å². The van der Waals surface area contributed by atoms with Gasteiger partial charge in [0, 0.05) is 20.2 Å². The van der Waals surface area contributed by atoms with Crippen LogP contribution in [-0.4, -0.2) is 60.0 Å². The molecule has 2 heterocycles. The summed E-state index contributed by atoms with van der Waals surface area (Å²) >= 11 is 0. The van der Waals surface area contributed by atoms with Gasteiger partial charge in [-0.25, -0.2) is 0 Å². The molecule has 0 spiro atoms. The standard InChI is InChI=1S/C15H24N4O3/c1-10(2)11-8-14(22-17-11)16-13(20)9-19-7-5-6-12(19)15(21)18(3)4/h8,10,12H,5-7,9H2,1-4H3,(H,16,20)/t12-/m0/s1. The molecule has 7 heteroatoms. The van der Waals surface area contributed by atoms with E-state index >= 15 is 0 Å². The molecule has 0 saturated carbocycles. The van der Waals surface area contributed by atoms with Gasteiger partial charge in [0.1, 0.15) is 0 Å². The van der Waals surface area contributed by atoms with Crippen LogP contribution in [0.4, 0.5) is 5.88 Å². The number of rotatable bonds is 5. The third kappa shape index (κ3) is 3.85. The Labute approximate surface area is 130 Å². The Kier molecular flexibility index (Phi) is 5.18. The maximum atomic E-state index is 12.1. The number of likely N-dealkylation sites (N-methyl/N-ethyl adjacent to an activating group) is 1. The molecule has 22 heavy (non-hydrogen) atoms. The average Bonchev–Trinajstić information content (AvgIpc) is 3.07. The van der Waals surface area contributed by atoms with Crippen molar-refractivity contribution in [2.24, 2.45) is 0 Å². The lowest BCUT2D eigenvalue weighted by molar-refractivity contribution is -0.133. The summed E-state index contributed by atoms with van der Waals surface area (Å²) < 4.78 is 5.10. The van der Waals surface area contributed by atoms with E-state index < -0.39 is 0 Å². The molecule has 1 fully saturated rings. The van der Waals surface area contributed by atoms with Gasteiger partial charge in [-0.15, -0.1) is 0 Å². The predicted octanol–water partition coefficient (Wildman–Crippen LogP) is 1.29. The molecule has 0 aliphatic carbocycles. The Morgan fingerprint density at radius 2 is 2.23 bits per heavy atom. The van der Waals surface area contributed by atoms with Gasteiger partial charge in [-0.05, 0) is 25.3 Å². The molecule has 1 aromatic rings. The third-order valence-corrected chi connectivity index (χ3v) is 3.82. The van der Waals surface area contributed by atoms with Crippen molar-refractivity contribution in [3.8, 4) is 0 Å². The van der Waals surface area contributed by atoms with Gasteiger partial charge in [0.25, 0.3) is 0 Å². The molecule has 1 N–H and O–H groups in total. The SMILES string of the molecule is CC(C)c1cc(NC(=O)CN2CCC[C@H]2C(=O)N(C)C)on1. The highest BCUT2D eigenvalue weighted by molar-refractivity contribution is 5.91. The van der Waals surface area contributed by atoms with Gasteiger partial charge >= 0.3 is 0 Å². The Bertz CT molecular complexity index is 539. The normalized spacial score (nSPS) is 18.7. The smallest absolute Gasteiger partial charge is 0.240 e. The number of amides is 2. The number of aromatic nitrogens is 1. The van der Waals surface area contributed by atoms with Crippen LogP contribution in [0.25, 0.3) is 0 Å². The maximum absolute atomic E-state index is 12.1. The van der Waals surface area contributed by atoms with E-state index in [9.17, 15) is 9.59 Å². The zero-order valence-corrected chi connectivity index (χ0v) is 13.6. The van der Waals surface area contributed by atoms with Crippen LogP contribution in [-0.2, 0) is 9.59 Å². The van der Waals surface area contributed by atoms with Crippen molar-refractivity contribution in [1.82, 2.24) is 15.0 Å². The molecule has 1 aromatic heterocycles. The van der Waals surface area contributed by atoms with Gasteiger partial charge in [-0.1, -0.05) is 19.0 Å². The molecule has 1 aliphatic heterocycles. The van der Waals surface area contributed by atoms with Crippen LogP contribution in [0.5, 0.6) is 0 Å². The van der Waals surface area contributed by atoms with Crippen LogP contribution < -0.4 is 5.32 Å². The summed E-state index contributed by atoms with van der Waals surface area (Å²) in [7, 11) is 3.47. The van der Waals surface area contributed by atoms with E-state index in [1.165, 1.54) is 0 Å². The van der Waals surface area contributed by atoms with Crippen LogP contribution in [0.1, 0.15) is 38.3 Å². The van der Waals surface area contributed by atoms with E-state index in [0.29, 0.717) is 5.88 Å². The first kappa shape index (κ1) is 16.5. The summed E-state index contributed by atoms with van der Waals surface area (Å²) in [6.45, 7) is 4.95. The number of hydrogen-bond acceptors (Lipinski definition) is 5.